The van der Waals surface area contributed by atoms with E-state index in [4.69, 9.17) is 0 Å². The highest BCUT2D eigenvalue weighted by atomic mass is 16.3. The number of allylic oxidation sites excluding steroid dienone is 1. The van der Waals surface area contributed by atoms with E-state index in [0.29, 0.717) is 23.2 Å². The number of rotatable bonds is 1. The Balaban J connectivity index is 1.78. The predicted molar refractivity (Wildman–Crippen MR) is 88.3 cm³/mol. The van der Waals surface area contributed by atoms with Crippen LogP contribution < -0.4 is 0 Å². The summed E-state index contributed by atoms with van der Waals surface area (Å²) in [5.74, 6) is 1.75. The van der Waals surface area contributed by atoms with Crippen LogP contribution in [-0.2, 0) is 0 Å². The second-order valence-electron chi connectivity index (χ2n) is 9.57. The van der Waals surface area contributed by atoms with E-state index in [-0.39, 0.29) is 23.5 Å². The molecule has 0 aromatic heterocycles. The SMILES string of the molecule is C=C1CC23CC1CCC2C1(C)CCCC(C)(CO)C1CC3O. The molecule has 2 nitrogen and oxygen atoms in total. The number of hydrogen-bond donors (Lipinski definition) is 2. The first-order chi connectivity index (χ1) is 10.4. The lowest BCUT2D eigenvalue weighted by atomic mass is 9.40. The van der Waals surface area contributed by atoms with E-state index in [1.54, 1.807) is 0 Å². The van der Waals surface area contributed by atoms with Gasteiger partial charge in [-0.05, 0) is 73.5 Å². The molecule has 2 bridgehead atoms. The quantitative estimate of drug-likeness (QED) is 0.721. The fourth-order valence-corrected chi connectivity index (χ4v) is 7.58. The summed E-state index contributed by atoms with van der Waals surface area (Å²) in [6.07, 6.45) is 9.10. The molecule has 22 heavy (non-hydrogen) atoms. The fraction of sp³-hybridized carbons (Fsp3) is 0.900. The lowest BCUT2D eigenvalue weighted by Crippen LogP contribution is -2.62. The minimum absolute atomic E-state index is 0.00204. The van der Waals surface area contributed by atoms with Crippen molar-refractivity contribution in [2.45, 2.75) is 71.3 Å². The smallest absolute Gasteiger partial charge is 0.0605 e. The van der Waals surface area contributed by atoms with Gasteiger partial charge in [-0.15, -0.1) is 0 Å². The maximum atomic E-state index is 11.2. The van der Waals surface area contributed by atoms with E-state index in [1.165, 1.54) is 37.7 Å². The van der Waals surface area contributed by atoms with Crippen LogP contribution in [0.1, 0.15) is 65.2 Å². The summed E-state index contributed by atoms with van der Waals surface area (Å²) in [5, 5.41) is 21.2. The zero-order valence-electron chi connectivity index (χ0n) is 14.3. The van der Waals surface area contributed by atoms with Crippen LogP contribution in [0.25, 0.3) is 0 Å². The molecule has 0 heterocycles. The van der Waals surface area contributed by atoms with Gasteiger partial charge in [0.05, 0.1) is 6.10 Å². The predicted octanol–water partition coefficient (Wildman–Crippen LogP) is 3.92. The first kappa shape index (κ1) is 15.2. The fourth-order valence-electron chi connectivity index (χ4n) is 7.58. The van der Waals surface area contributed by atoms with Gasteiger partial charge >= 0.3 is 0 Å². The highest BCUT2D eigenvalue weighted by Crippen LogP contribution is 2.71. The van der Waals surface area contributed by atoms with Gasteiger partial charge < -0.3 is 10.2 Å². The number of hydrogen-bond acceptors (Lipinski definition) is 2. The third-order valence-corrected chi connectivity index (χ3v) is 8.64. The Morgan fingerprint density at radius 3 is 2.68 bits per heavy atom. The van der Waals surface area contributed by atoms with Gasteiger partial charge in [0.15, 0.2) is 0 Å². The Hall–Kier alpha value is -0.340. The molecule has 4 fully saturated rings. The topological polar surface area (TPSA) is 40.5 Å². The van der Waals surface area contributed by atoms with Crippen molar-refractivity contribution < 1.29 is 10.2 Å². The number of fused-ring (bicyclic) bond motifs is 3. The summed E-state index contributed by atoms with van der Waals surface area (Å²) >= 11 is 0. The number of aliphatic hydroxyl groups excluding tert-OH is 2. The van der Waals surface area contributed by atoms with Crippen molar-refractivity contribution in [3.05, 3.63) is 12.2 Å². The highest BCUT2D eigenvalue weighted by Gasteiger charge is 2.66. The average molecular weight is 304 g/mol. The molecule has 0 saturated heterocycles. The molecule has 4 aliphatic rings. The summed E-state index contributed by atoms with van der Waals surface area (Å²) in [5.41, 5.74) is 1.82. The molecular weight excluding hydrogens is 272 g/mol. The van der Waals surface area contributed by atoms with Gasteiger partial charge in [-0.3, -0.25) is 0 Å². The standard InChI is InChI=1S/C20H32O2/c1-13-10-20-11-14(13)5-6-15(20)19(3)8-4-7-18(2,12-21)16(19)9-17(20)22/h14-17,21-22H,1,4-12H2,2-3H3. The lowest BCUT2D eigenvalue weighted by Gasteiger charge is -2.65. The second-order valence-corrected chi connectivity index (χ2v) is 9.57. The summed E-state index contributed by atoms with van der Waals surface area (Å²) in [7, 11) is 0. The molecular formula is C20H32O2. The van der Waals surface area contributed by atoms with E-state index in [0.717, 1.165) is 19.3 Å². The summed E-state index contributed by atoms with van der Waals surface area (Å²) in [4.78, 5) is 0. The van der Waals surface area contributed by atoms with E-state index in [9.17, 15) is 10.2 Å². The van der Waals surface area contributed by atoms with Crippen molar-refractivity contribution >= 4 is 0 Å². The molecule has 124 valence electrons. The third-order valence-electron chi connectivity index (χ3n) is 8.64. The van der Waals surface area contributed by atoms with Gasteiger partial charge in [-0.2, -0.15) is 0 Å². The Bertz CT molecular complexity index is 500. The van der Waals surface area contributed by atoms with E-state index >= 15 is 0 Å². The molecule has 4 saturated carbocycles. The minimum atomic E-state index is -0.193. The largest absolute Gasteiger partial charge is 0.396 e. The lowest BCUT2D eigenvalue weighted by molar-refractivity contribution is -0.205. The molecule has 0 aromatic rings. The first-order valence-corrected chi connectivity index (χ1v) is 9.32. The molecule has 4 rings (SSSR count). The maximum absolute atomic E-state index is 11.2. The molecule has 7 unspecified atom stereocenters. The molecule has 0 amide bonds. The van der Waals surface area contributed by atoms with Crippen LogP contribution in [0, 0.1) is 34.0 Å². The van der Waals surface area contributed by atoms with Gasteiger partial charge in [-0.1, -0.05) is 32.4 Å². The normalized spacial score (nSPS) is 57.4. The first-order valence-electron chi connectivity index (χ1n) is 9.32. The van der Waals surface area contributed by atoms with Crippen LogP contribution in [0.2, 0.25) is 0 Å². The second kappa shape index (κ2) is 4.60. The molecule has 0 aliphatic heterocycles. The van der Waals surface area contributed by atoms with Crippen LogP contribution in [0.3, 0.4) is 0 Å². The van der Waals surface area contributed by atoms with Gasteiger partial charge in [-0.25, -0.2) is 0 Å². The molecule has 2 heteroatoms. The van der Waals surface area contributed by atoms with Gasteiger partial charge in [0.25, 0.3) is 0 Å². The molecule has 4 aliphatic carbocycles. The third kappa shape index (κ3) is 1.69. The molecule has 7 atom stereocenters. The van der Waals surface area contributed by atoms with E-state index in [1.807, 2.05) is 0 Å². The Kier molecular flexibility index (Phi) is 3.18. The van der Waals surface area contributed by atoms with E-state index < -0.39 is 0 Å². The number of aliphatic hydroxyl groups is 2. The van der Waals surface area contributed by atoms with Crippen molar-refractivity contribution in [2.24, 2.45) is 34.0 Å². The van der Waals surface area contributed by atoms with Crippen molar-refractivity contribution in [3.8, 4) is 0 Å². The summed E-state index contributed by atoms with van der Waals surface area (Å²) in [6, 6.07) is 0. The van der Waals surface area contributed by atoms with E-state index in [2.05, 4.69) is 20.4 Å². The van der Waals surface area contributed by atoms with Crippen molar-refractivity contribution in [2.75, 3.05) is 6.61 Å². The molecule has 1 spiro atoms. The van der Waals surface area contributed by atoms with Crippen LogP contribution in [-0.4, -0.2) is 22.9 Å². The minimum Gasteiger partial charge on any atom is -0.396 e. The monoisotopic (exact) mass is 304 g/mol. The Labute approximate surface area is 135 Å². The zero-order chi connectivity index (χ0) is 15.8. The van der Waals surface area contributed by atoms with Crippen molar-refractivity contribution in [1.29, 1.82) is 0 Å². The molecule has 0 radical (unpaired) electrons. The maximum Gasteiger partial charge on any atom is 0.0605 e. The van der Waals surface area contributed by atoms with Gasteiger partial charge in [0.2, 0.25) is 0 Å². The van der Waals surface area contributed by atoms with Gasteiger partial charge in [0, 0.05) is 12.0 Å². The highest BCUT2D eigenvalue weighted by molar-refractivity contribution is 5.24. The molecule has 2 N–H and O–H groups in total. The van der Waals surface area contributed by atoms with Crippen LogP contribution >= 0.6 is 0 Å². The summed E-state index contributed by atoms with van der Waals surface area (Å²) in [6.45, 7) is 9.36. The average Bonchev–Trinajstić information content (AvgIpc) is 2.73. The van der Waals surface area contributed by atoms with Crippen LogP contribution in [0.5, 0.6) is 0 Å². The van der Waals surface area contributed by atoms with Crippen LogP contribution in [0.15, 0.2) is 12.2 Å². The Morgan fingerprint density at radius 2 is 1.95 bits per heavy atom. The van der Waals surface area contributed by atoms with Gasteiger partial charge in [0.1, 0.15) is 0 Å². The van der Waals surface area contributed by atoms with Crippen molar-refractivity contribution in [1.82, 2.24) is 0 Å². The zero-order valence-corrected chi connectivity index (χ0v) is 14.3. The van der Waals surface area contributed by atoms with Crippen molar-refractivity contribution in [3.63, 3.8) is 0 Å². The summed E-state index contributed by atoms with van der Waals surface area (Å²) < 4.78 is 0. The molecule has 0 aromatic carbocycles. The van der Waals surface area contributed by atoms with Crippen LogP contribution in [0.4, 0.5) is 0 Å². The Morgan fingerprint density at radius 1 is 1.18 bits per heavy atom.